The van der Waals surface area contributed by atoms with Gasteiger partial charge in [-0.1, -0.05) is 44.3 Å². The topological polar surface area (TPSA) is 87.2 Å². The molecule has 5 heteroatoms. The standard InChI is InChI=1S/C21H34N2O3/c1-4-6-14(2)9-10-15(3)23-21(25)19-17(8-5-7-16-11-12-16)13-18(24)26-20(19)22/h9,13,15-16,18,24H,4-8,10-12,22H2,1-3H3,(H,23,25)/p+1/b14-9-. The van der Waals surface area contributed by atoms with Gasteiger partial charge in [0, 0.05) is 12.1 Å². The Labute approximate surface area is 157 Å². The minimum absolute atomic E-state index is 0.0241. The van der Waals surface area contributed by atoms with E-state index in [-0.39, 0.29) is 17.8 Å². The lowest BCUT2D eigenvalue weighted by atomic mass is 9.96. The van der Waals surface area contributed by atoms with Gasteiger partial charge >= 0.3 is 6.29 Å². The largest absolute Gasteiger partial charge is 0.409 e. The van der Waals surface area contributed by atoms with Crippen LogP contribution in [-0.4, -0.2) is 23.3 Å². The summed E-state index contributed by atoms with van der Waals surface area (Å²) in [6, 6.07) is 0.0241. The number of carbonyl (C=O) groups excluding carboxylic acids is 1. The Hall–Kier alpha value is -1.75. The van der Waals surface area contributed by atoms with Gasteiger partial charge < -0.3 is 20.9 Å². The second-order valence-electron chi connectivity index (χ2n) is 7.72. The number of hydrogen-bond acceptors (Lipinski definition) is 3. The van der Waals surface area contributed by atoms with Gasteiger partial charge in [0.05, 0.1) is 0 Å². The predicted octanol–water partition coefficient (Wildman–Crippen LogP) is 3.39. The zero-order chi connectivity index (χ0) is 19.1. The average Bonchev–Trinajstić information content (AvgIpc) is 3.37. The summed E-state index contributed by atoms with van der Waals surface area (Å²) < 4.78 is 5.28. The number of hydrogen-bond donors (Lipinski definition) is 2. The molecule has 146 valence electrons. The first-order valence-corrected chi connectivity index (χ1v) is 9.95. The van der Waals surface area contributed by atoms with E-state index in [2.05, 4.69) is 25.2 Å². The minimum atomic E-state index is -0.820. The quantitative estimate of drug-likeness (QED) is 0.461. The van der Waals surface area contributed by atoms with Crippen molar-refractivity contribution in [3.8, 4) is 0 Å². The number of carbonyl (C=O) groups is 1. The Bertz CT molecular complexity index is 588. The van der Waals surface area contributed by atoms with Crippen LogP contribution in [0.5, 0.6) is 0 Å². The highest BCUT2D eigenvalue weighted by atomic mass is 16.6. The summed E-state index contributed by atoms with van der Waals surface area (Å²) in [5.41, 5.74) is 8.60. The van der Waals surface area contributed by atoms with Crippen LogP contribution in [-0.2, 0) is 9.53 Å². The predicted molar refractivity (Wildman–Crippen MR) is 105 cm³/mol. The van der Waals surface area contributed by atoms with Crippen molar-refractivity contribution in [2.75, 3.05) is 0 Å². The number of ether oxygens (including phenoxy) is 1. The molecule has 0 radical (unpaired) electrons. The second-order valence-corrected chi connectivity index (χ2v) is 7.72. The molecule has 26 heavy (non-hydrogen) atoms. The molecule has 0 aromatic heterocycles. The normalized spacial score (nSPS) is 21.9. The first-order chi connectivity index (χ1) is 12.4. The lowest BCUT2D eigenvalue weighted by Crippen LogP contribution is -2.37. The van der Waals surface area contributed by atoms with Crippen LogP contribution in [0.25, 0.3) is 0 Å². The van der Waals surface area contributed by atoms with Crippen molar-refractivity contribution in [3.05, 3.63) is 34.8 Å². The fourth-order valence-electron chi connectivity index (χ4n) is 3.34. The van der Waals surface area contributed by atoms with Gasteiger partial charge in [-0.05, 0) is 51.0 Å². The van der Waals surface area contributed by atoms with Gasteiger partial charge in [0.1, 0.15) is 5.57 Å². The van der Waals surface area contributed by atoms with Crippen LogP contribution in [0.1, 0.15) is 72.1 Å². The molecule has 2 rings (SSSR count). The van der Waals surface area contributed by atoms with Crippen molar-refractivity contribution < 1.29 is 14.6 Å². The molecule has 0 aromatic rings. The number of rotatable bonds is 10. The van der Waals surface area contributed by atoms with Crippen molar-refractivity contribution in [3.63, 3.8) is 0 Å². The van der Waals surface area contributed by atoms with Crippen LogP contribution in [0.3, 0.4) is 0 Å². The summed E-state index contributed by atoms with van der Waals surface area (Å²) in [6.07, 6.45) is 11.8. The summed E-state index contributed by atoms with van der Waals surface area (Å²) in [7, 11) is 0. The maximum absolute atomic E-state index is 12.8. The van der Waals surface area contributed by atoms with E-state index in [1.165, 1.54) is 24.8 Å². The van der Waals surface area contributed by atoms with E-state index in [1.54, 1.807) is 6.08 Å². The van der Waals surface area contributed by atoms with Crippen LogP contribution >= 0.6 is 0 Å². The third kappa shape index (κ3) is 6.52. The van der Waals surface area contributed by atoms with Crippen LogP contribution in [0.15, 0.2) is 34.8 Å². The van der Waals surface area contributed by atoms with Crippen LogP contribution in [0.4, 0.5) is 0 Å². The highest BCUT2D eigenvalue weighted by Gasteiger charge is 2.29. The fourth-order valence-corrected chi connectivity index (χ4v) is 3.34. The van der Waals surface area contributed by atoms with Gasteiger partial charge in [0.25, 0.3) is 5.91 Å². The first kappa shape index (κ1) is 20.6. The van der Waals surface area contributed by atoms with Crippen molar-refractivity contribution in [1.82, 2.24) is 5.32 Å². The summed E-state index contributed by atoms with van der Waals surface area (Å²) in [4.78, 5) is 12.8. The van der Waals surface area contributed by atoms with Gasteiger partial charge in [-0.25, -0.2) is 0 Å². The van der Waals surface area contributed by atoms with Crippen molar-refractivity contribution >= 4 is 5.91 Å². The summed E-state index contributed by atoms with van der Waals surface area (Å²) in [6.45, 7) is 6.29. The first-order valence-electron chi connectivity index (χ1n) is 9.95. The Morgan fingerprint density at radius 1 is 1.50 bits per heavy atom. The van der Waals surface area contributed by atoms with E-state index in [9.17, 15) is 4.79 Å². The molecular weight excluding hydrogens is 328 g/mol. The molecule has 0 spiro atoms. The molecule has 1 saturated carbocycles. The van der Waals surface area contributed by atoms with Gasteiger partial charge in [-0.3, -0.25) is 4.79 Å². The SMILES string of the molecule is CCC/C(C)=C\CC(C)NC(=O)C1=C(N)OC([OH2+])C=C1CCCC1CC1. The van der Waals surface area contributed by atoms with Gasteiger partial charge in [-0.15, -0.1) is 0 Å². The van der Waals surface area contributed by atoms with Crippen molar-refractivity contribution in [2.24, 2.45) is 11.7 Å². The molecule has 2 unspecified atom stereocenters. The Morgan fingerprint density at radius 2 is 2.23 bits per heavy atom. The van der Waals surface area contributed by atoms with Crippen LogP contribution in [0, 0.1) is 5.92 Å². The fraction of sp³-hybridized carbons (Fsp3) is 0.667. The summed E-state index contributed by atoms with van der Waals surface area (Å²) in [5.74, 6) is 0.747. The molecule has 0 bridgehead atoms. The van der Waals surface area contributed by atoms with Gasteiger partial charge in [-0.2, -0.15) is 0 Å². The Kier molecular flexibility index (Phi) is 7.76. The van der Waals surface area contributed by atoms with Gasteiger partial charge in [0.15, 0.2) is 0 Å². The molecule has 5 nitrogen and oxygen atoms in total. The van der Waals surface area contributed by atoms with Crippen molar-refractivity contribution in [2.45, 2.75) is 84.5 Å². The average molecular weight is 364 g/mol. The molecule has 0 saturated heterocycles. The number of amides is 1. The highest BCUT2D eigenvalue weighted by molar-refractivity contribution is 5.98. The summed E-state index contributed by atoms with van der Waals surface area (Å²) in [5, 5.41) is 10.9. The maximum Gasteiger partial charge on any atom is 0.326 e. The minimum Gasteiger partial charge on any atom is -0.409 e. The molecule has 2 aliphatic rings. The van der Waals surface area contributed by atoms with Crippen molar-refractivity contribution in [1.29, 1.82) is 0 Å². The maximum atomic E-state index is 12.8. The molecule has 0 aromatic carbocycles. The molecule has 1 heterocycles. The third-order valence-electron chi connectivity index (χ3n) is 5.00. The second kappa shape index (κ2) is 9.81. The number of allylic oxidation sites excluding steroid dienone is 1. The molecule has 1 aliphatic carbocycles. The number of nitrogens with one attached hydrogen (secondary N) is 1. The molecular formula is C21H35N2O3+. The van der Waals surface area contributed by atoms with E-state index in [1.807, 2.05) is 6.92 Å². The zero-order valence-electron chi connectivity index (χ0n) is 16.4. The van der Waals surface area contributed by atoms with E-state index in [0.29, 0.717) is 5.57 Å². The molecule has 1 fully saturated rings. The van der Waals surface area contributed by atoms with Crippen LogP contribution < -0.4 is 11.1 Å². The zero-order valence-corrected chi connectivity index (χ0v) is 16.4. The van der Waals surface area contributed by atoms with Crippen LogP contribution in [0.2, 0.25) is 0 Å². The smallest absolute Gasteiger partial charge is 0.326 e. The van der Waals surface area contributed by atoms with E-state index in [4.69, 9.17) is 15.6 Å². The Morgan fingerprint density at radius 3 is 2.88 bits per heavy atom. The van der Waals surface area contributed by atoms with Gasteiger partial charge in [0.2, 0.25) is 5.88 Å². The molecule has 5 N–H and O–H groups in total. The highest BCUT2D eigenvalue weighted by Crippen LogP contribution is 2.35. The molecule has 1 aliphatic heterocycles. The van der Waals surface area contributed by atoms with E-state index >= 15 is 0 Å². The molecule has 1 amide bonds. The molecule has 2 atom stereocenters. The summed E-state index contributed by atoms with van der Waals surface area (Å²) >= 11 is 0. The van der Waals surface area contributed by atoms with E-state index < -0.39 is 6.29 Å². The van der Waals surface area contributed by atoms with E-state index in [0.717, 1.165) is 43.6 Å². The monoisotopic (exact) mass is 363 g/mol. The lowest BCUT2D eigenvalue weighted by molar-refractivity contribution is -0.118. The lowest BCUT2D eigenvalue weighted by Gasteiger charge is -2.22. The third-order valence-corrected chi connectivity index (χ3v) is 5.00. The Balaban J connectivity index is 1.95. The number of nitrogens with two attached hydrogens (primary N) is 1.